The van der Waals surface area contributed by atoms with Gasteiger partial charge in [-0.05, 0) is 39.2 Å². The van der Waals surface area contributed by atoms with E-state index >= 15 is 0 Å². The molecule has 2 rings (SSSR count). The predicted octanol–water partition coefficient (Wildman–Crippen LogP) is 2.37. The van der Waals surface area contributed by atoms with Crippen LogP contribution in [0.5, 0.6) is 0 Å². The molecular formula is C15H25N3O2S. The number of nitrogens with one attached hydrogen (secondary N) is 1. The van der Waals surface area contributed by atoms with E-state index in [4.69, 9.17) is 4.74 Å². The Labute approximate surface area is 130 Å². The van der Waals surface area contributed by atoms with E-state index in [1.807, 2.05) is 42.8 Å². The van der Waals surface area contributed by atoms with Crippen molar-refractivity contribution in [1.29, 1.82) is 0 Å². The van der Waals surface area contributed by atoms with Gasteiger partial charge in [0.2, 0.25) is 0 Å². The molecule has 2 unspecified atom stereocenters. The molecule has 1 saturated carbocycles. The van der Waals surface area contributed by atoms with Crippen LogP contribution in [0.25, 0.3) is 0 Å². The molecule has 0 aromatic carbocycles. The zero-order valence-corrected chi connectivity index (χ0v) is 13.9. The Hall–Kier alpha value is -1.01. The van der Waals surface area contributed by atoms with Crippen LogP contribution in [0.4, 0.5) is 0 Å². The Balaban J connectivity index is 2.01. The molecule has 0 saturated heterocycles. The van der Waals surface area contributed by atoms with Gasteiger partial charge in [-0.2, -0.15) is 5.10 Å². The Morgan fingerprint density at radius 2 is 2.43 bits per heavy atom. The highest BCUT2D eigenvalue weighted by Gasteiger charge is 2.46. The minimum Gasteiger partial charge on any atom is -0.465 e. The van der Waals surface area contributed by atoms with E-state index in [0.29, 0.717) is 11.9 Å². The standard InChI is InChI=1S/C15H25N3O2S/c1-4-8-16-15(14(19)20-5-2)7-6-12(9-15)21-13-10-17-18(3)11-13/h10-12,16H,4-9H2,1-3H3. The van der Waals surface area contributed by atoms with Crippen molar-refractivity contribution < 1.29 is 9.53 Å². The van der Waals surface area contributed by atoms with E-state index < -0.39 is 5.54 Å². The summed E-state index contributed by atoms with van der Waals surface area (Å²) >= 11 is 1.81. The van der Waals surface area contributed by atoms with Crippen molar-refractivity contribution in [2.75, 3.05) is 13.2 Å². The first kappa shape index (κ1) is 16.4. The number of rotatable bonds is 7. The topological polar surface area (TPSA) is 56.1 Å². The fourth-order valence-corrected chi connectivity index (χ4v) is 4.11. The fourth-order valence-electron chi connectivity index (χ4n) is 2.80. The Kier molecular flexibility index (Phi) is 5.70. The van der Waals surface area contributed by atoms with Gasteiger partial charge in [-0.25, -0.2) is 0 Å². The zero-order valence-electron chi connectivity index (χ0n) is 13.1. The summed E-state index contributed by atoms with van der Waals surface area (Å²) in [7, 11) is 1.92. The summed E-state index contributed by atoms with van der Waals surface area (Å²) in [5.41, 5.74) is -0.494. The minimum atomic E-state index is -0.494. The third-order valence-electron chi connectivity index (χ3n) is 3.83. The first-order valence-corrected chi connectivity index (χ1v) is 8.55. The van der Waals surface area contributed by atoms with Gasteiger partial charge in [0.1, 0.15) is 5.54 Å². The van der Waals surface area contributed by atoms with Crippen LogP contribution >= 0.6 is 11.8 Å². The molecule has 1 aromatic rings. The number of carbonyl (C=O) groups is 1. The van der Waals surface area contributed by atoms with Gasteiger partial charge in [-0.1, -0.05) is 6.92 Å². The number of aryl methyl sites for hydroxylation is 1. The molecule has 5 nitrogen and oxygen atoms in total. The predicted molar refractivity (Wildman–Crippen MR) is 84.4 cm³/mol. The SMILES string of the molecule is CCCNC1(C(=O)OCC)CCC(Sc2cnn(C)c2)C1. The average molecular weight is 311 g/mol. The van der Waals surface area contributed by atoms with Crippen molar-refractivity contribution in [1.82, 2.24) is 15.1 Å². The van der Waals surface area contributed by atoms with E-state index in [0.717, 1.165) is 37.1 Å². The molecule has 0 aliphatic heterocycles. The zero-order chi connectivity index (χ0) is 15.3. The summed E-state index contributed by atoms with van der Waals surface area (Å²) in [5.74, 6) is -0.0901. The lowest BCUT2D eigenvalue weighted by molar-refractivity contribution is -0.151. The molecule has 1 aliphatic carbocycles. The van der Waals surface area contributed by atoms with Crippen molar-refractivity contribution in [3.05, 3.63) is 12.4 Å². The summed E-state index contributed by atoms with van der Waals surface area (Å²) in [6, 6.07) is 0. The van der Waals surface area contributed by atoms with E-state index in [9.17, 15) is 4.79 Å². The van der Waals surface area contributed by atoms with Crippen molar-refractivity contribution in [2.45, 2.75) is 55.2 Å². The maximum absolute atomic E-state index is 12.4. The molecule has 1 heterocycles. The summed E-state index contributed by atoms with van der Waals surface area (Å²) in [6.45, 7) is 5.27. The maximum Gasteiger partial charge on any atom is 0.326 e. The molecule has 0 radical (unpaired) electrons. The third kappa shape index (κ3) is 4.01. The summed E-state index contributed by atoms with van der Waals surface area (Å²) in [4.78, 5) is 13.5. The van der Waals surface area contributed by atoms with Crippen molar-refractivity contribution >= 4 is 17.7 Å². The Bertz CT molecular complexity index is 477. The number of thioether (sulfide) groups is 1. The monoisotopic (exact) mass is 311 g/mol. The second-order valence-corrected chi connectivity index (χ2v) is 6.94. The summed E-state index contributed by atoms with van der Waals surface area (Å²) in [6.07, 6.45) is 7.62. The lowest BCUT2D eigenvalue weighted by Crippen LogP contribution is -2.51. The highest BCUT2D eigenvalue weighted by Crippen LogP contribution is 2.40. The van der Waals surface area contributed by atoms with Crippen LogP contribution in [0.2, 0.25) is 0 Å². The third-order valence-corrected chi connectivity index (χ3v) is 5.05. The van der Waals surface area contributed by atoms with Gasteiger partial charge < -0.3 is 10.1 Å². The number of ether oxygens (including phenoxy) is 1. The largest absolute Gasteiger partial charge is 0.465 e. The highest BCUT2D eigenvalue weighted by atomic mass is 32.2. The van der Waals surface area contributed by atoms with Gasteiger partial charge >= 0.3 is 5.97 Å². The quantitative estimate of drug-likeness (QED) is 0.784. The Morgan fingerprint density at radius 3 is 3.05 bits per heavy atom. The normalized spacial score (nSPS) is 25.2. The van der Waals surface area contributed by atoms with Crippen LogP contribution in [0, 0.1) is 0 Å². The number of carbonyl (C=O) groups excluding carboxylic acids is 1. The van der Waals surface area contributed by atoms with E-state index in [2.05, 4.69) is 17.3 Å². The van der Waals surface area contributed by atoms with Gasteiger partial charge in [0.05, 0.1) is 12.8 Å². The molecular weight excluding hydrogens is 286 g/mol. The van der Waals surface area contributed by atoms with Gasteiger partial charge in [0.25, 0.3) is 0 Å². The van der Waals surface area contributed by atoms with Crippen LogP contribution in [0.1, 0.15) is 39.5 Å². The molecule has 0 bridgehead atoms. The first-order valence-electron chi connectivity index (χ1n) is 7.67. The van der Waals surface area contributed by atoms with Crippen LogP contribution in [0.3, 0.4) is 0 Å². The second kappa shape index (κ2) is 7.31. The molecule has 0 spiro atoms. The highest BCUT2D eigenvalue weighted by molar-refractivity contribution is 8.00. The van der Waals surface area contributed by atoms with Gasteiger partial charge in [-0.3, -0.25) is 9.48 Å². The van der Waals surface area contributed by atoms with Crippen molar-refractivity contribution in [2.24, 2.45) is 7.05 Å². The van der Waals surface area contributed by atoms with E-state index in [1.54, 1.807) is 0 Å². The van der Waals surface area contributed by atoms with E-state index in [-0.39, 0.29) is 5.97 Å². The van der Waals surface area contributed by atoms with Crippen LogP contribution in [-0.4, -0.2) is 39.7 Å². The van der Waals surface area contributed by atoms with Crippen molar-refractivity contribution in [3.63, 3.8) is 0 Å². The minimum absolute atomic E-state index is 0.0901. The van der Waals surface area contributed by atoms with Gasteiger partial charge in [-0.15, -0.1) is 11.8 Å². The molecule has 118 valence electrons. The van der Waals surface area contributed by atoms with Crippen molar-refractivity contribution in [3.8, 4) is 0 Å². The molecule has 0 amide bonds. The van der Waals surface area contributed by atoms with Gasteiger partial charge in [0.15, 0.2) is 0 Å². The molecule has 1 N–H and O–H groups in total. The molecule has 1 aliphatic rings. The number of hydrogen-bond acceptors (Lipinski definition) is 5. The lowest BCUT2D eigenvalue weighted by atomic mass is 9.97. The number of hydrogen-bond donors (Lipinski definition) is 1. The number of esters is 1. The molecule has 1 aromatic heterocycles. The van der Waals surface area contributed by atoms with Crippen LogP contribution in [0.15, 0.2) is 17.3 Å². The molecule has 1 fully saturated rings. The maximum atomic E-state index is 12.4. The molecule has 2 atom stereocenters. The fraction of sp³-hybridized carbons (Fsp3) is 0.733. The van der Waals surface area contributed by atoms with Crippen LogP contribution in [-0.2, 0) is 16.6 Å². The second-order valence-electron chi connectivity index (χ2n) is 5.56. The summed E-state index contributed by atoms with van der Waals surface area (Å²) < 4.78 is 7.11. The van der Waals surface area contributed by atoms with E-state index in [1.165, 1.54) is 0 Å². The van der Waals surface area contributed by atoms with Gasteiger partial charge in [0, 0.05) is 23.4 Å². The Morgan fingerprint density at radius 1 is 1.62 bits per heavy atom. The smallest absolute Gasteiger partial charge is 0.326 e. The average Bonchev–Trinajstić information content (AvgIpc) is 3.05. The molecule has 6 heteroatoms. The number of nitrogens with zero attached hydrogens (tertiary/aromatic N) is 2. The molecule has 21 heavy (non-hydrogen) atoms. The first-order chi connectivity index (χ1) is 10.1. The summed E-state index contributed by atoms with van der Waals surface area (Å²) in [5, 5.41) is 8.07. The van der Waals surface area contributed by atoms with Crippen LogP contribution < -0.4 is 5.32 Å². The lowest BCUT2D eigenvalue weighted by Gasteiger charge is -2.28. The number of aromatic nitrogens is 2.